The molecule has 2 fully saturated rings. The van der Waals surface area contributed by atoms with Crippen molar-refractivity contribution in [3.05, 3.63) is 21.9 Å². The van der Waals surface area contributed by atoms with Gasteiger partial charge >= 0.3 is 0 Å². The Bertz CT molecular complexity index is 406. The van der Waals surface area contributed by atoms with E-state index in [1.807, 2.05) is 11.3 Å². The van der Waals surface area contributed by atoms with Crippen molar-refractivity contribution in [1.29, 1.82) is 0 Å². The van der Waals surface area contributed by atoms with Crippen LogP contribution in [0.3, 0.4) is 0 Å². The Morgan fingerprint density at radius 2 is 1.89 bits per heavy atom. The molecule has 100 valence electrons. The molecule has 3 heterocycles. The molecule has 0 spiro atoms. The molecule has 0 aromatic carbocycles. The first-order chi connectivity index (χ1) is 8.52. The van der Waals surface area contributed by atoms with Crippen molar-refractivity contribution in [3.63, 3.8) is 0 Å². The number of nitrogens with one attached hydrogen (secondary N) is 1. The minimum absolute atomic E-state index is 0.300. The highest BCUT2D eigenvalue weighted by Crippen LogP contribution is 2.32. The van der Waals surface area contributed by atoms with Crippen LogP contribution < -0.4 is 5.32 Å². The molecule has 0 bridgehead atoms. The highest BCUT2D eigenvalue weighted by Gasteiger charge is 2.35. The van der Waals surface area contributed by atoms with Crippen LogP contribution in [0.1, 0.15) is 30.5 Å². The molecule has 1 N–H and O–H groups in total. The van der Waals surface area contributed by atoms with Gasteiger partial charge in [-0.3, -0.25) is 4.90 Å². The van der Waals surface area contributed by atoms with Gasteiger partial charge in [-0.1, -0.05) is 20.8 Å². The Balaban J connectivity index is 1.62. The van der Waals surface area contributed by atoms with E-state index in [4.69, 9.17) is 0 Å². The van der Waals surface area contributed by atoms with Gasteiger partial charge in [0.05, 0.1) is 0 Å². The molecule has 2 nitrogen and oxygen atoms in total. The minimum atomic E-state index is 0.300. The smallest absolute Gasteiger partial charge is 0.0328 e. The van der Waals surface area contributed by atoms with Crippen LogP contribution in [0.2, 0.25) is 0 Å². The van der Waals surface area contributed by atoms with Crippen molar-refractivity contribution < 1.29 is 0 Å². The van der Waals surface area contributed by atoms with E-state index in [1.165, 1.54) is 35.9 Å². The number of likely N-dealkylation sites (tertiary alicyclic amines) is 1. The molecule has 2 atom stereocenters. The molecule has 3 heteroatoms. The zero-order valence-corrected chi connectivity index (χ0v) is 12.5. The molecular formula is C15H24N2S. The summed E-state index contributed by atoms with van der Waals surface area (Å²) in [5, 5.41) is 3.51. The summed E-state index contributed by atoms with van der Waals surface area (Å²) >= 11 is 2.00. The number of hydrogen-bond acceptors (Lipinski definition) is 3. The SMILES string of the molecule is CC(C)(C)c1ccc(CN2C[C@H]3CNC[C@H]3C2)s1. The molecule has 2 aliphatic heterocycles. The van der Waals surface area contributed by atoms with Gasteiger partial charge in [0.1, 0.15) is 0 Å². The zero-order chi connectivity index (χ0) is 12.8. The molecule has 0 saturated carbocycles. The molecule has 1 aromatic rings. The Kier molecular flexibility index (Phi) is 3.25. The highest BCUT2D eigenvalue weighted by atomic mass is 32.1. The van der Waals surface area contributed by atoms with Crippen LogP contribution in [0, 0.1) is 11.8 Å². The maximum absolute atomic E-state index is 3.51. The van der Waals surface area contributed by atoms with Crippen LogP contribution in [-0.4, -0.2) is 31.1 Å². The topological polar surface area (TPSA) is 15.3 Å². The molecule has 0 radical (unpaired) electrons. The molecule has 2 saturated heterocycles. The van der Waals surface area contributed by atoms with Crippen LogP contribution in [0.4, 0.5) is 0 Å². The lowest BCUT2D eigenvalue weighted by Crippen LogP contribution is -2.25. The molecule has 1 aromatic heterocycles. The second kappa shape index (κ2) is 4.62. The second-order valence-corrected chi connectivity index (χ2v) is 8.06. The maximum Gasteiger partial charge on any atom is 0.0328 e. The van der Waals surface area contributed by atoms with Gasteiger partial charge in [0.15, 0.2) is 0 Å². The van der Waals surface area contributed by atoms with E-state index in [9.17, 15) is 0 Å². The molecule has 18 heavy (non-hydrogen) atoms. The van der Waals surface area contributed by atoms with Crippen molar-refractivity contribution in [1.82, 2.24) is 10.2 Å². The lowest BCUT2D eigenvalue weighted by Gasteiger charge is -2.17. The number of thiophene rings is 1. The Labute approximate surface area is 114 Å². The van der Waals surface area contributed by atoms with Crippen molar-refractivity contribution in [3.8, 4) is 0 Å². The fourth-order valence-corrected chi connectivity index (χ4v) is 4.28. The van der Waals surface area contributed by atoms with E-state index in [-0.39, 0.29) is 0 Å². The number of hydrogen-bond donors (Lipinski definition) is 1. The fourth-order valence-electron chi connectivity index (χ4n) is 3.17. The molecular weight excluding hydrogens is 240 g/mol. The van der Waals surface area contributed by atoms with Crippen molar-refractivity contribution in [2.45, 2.75) is 32.7 Å². The Hall–Kier alpha value is -0.380. The van der Waals surface area contributed by atoms with Gasteiger partial charge in [-0.2, -0.15) is 0 Å². The lowest BCUT2D eigenvalue weighted by atomic mass is 9.95. The summed E-state index contributed by atoms with van der Waals surface area (Å²) in [6.45, 7) is 13.1. The van der Waals surface area contributed by atoms with E-state index in [1.54, 1.807) is 0 Å². The van der Waals surface area contributed by atoms with Gasteiger partial charge in [-0.25, -0.2) is 0 Å². The molecule has 0 aliphatic carbocycles. The third kappa shape index (κ3) is 2.49. The van der Waals surface area contributed by atoms with Gasteiger partial charge in [0, 0.05) is 29.4 Å². The fraction of sp³-hybridized carbons (Fsp3) is 0.733. The number of fused-ring (bicyclic) bond motifs is 1. The van der Waals surface area contributed by atoms with Gasteiger partial charge < -0.3 is 5.32 Å². The Morgan fingerprint density at radius 1 is 1.22 bits per heavy atom. The van der Waals surface area contributed by atoms with E-state index in [2.05, 4.69) is 43.1 Å². The van der Waals surface area contributed by atoms with Crippen LogP contribution in [0.5, 0.6) is 0 Å². The van der Waals surface area contributed by atoms with Crippen molar-refractivity contribution in [2.75, 3.05) is 26.2 Å². The van der Waals surface area contributed by atoms with Crippen molar-refractivity contribution in [2.24, 2.45) is 11.8 Å². The largest absolute Gasteiger partial charge is 0.316 e. The molecule has 0 unspecified atom stereocenters. The van der Waals surface area contributed by atoms with Gasteiger partial charge in [-0.05, 0) is 42.5 Å². The zero-order valence-electron chi connectivity index (χ0n) is 11.7. The average molecular weight is 264 g/mol. The monoisotopic (exact) mass is 264 g/mol. The molecule has 2 aliphatic rings. The van der Waals surface area contributed by atoms with Gasteiger partial charge in [0.25, 0.3) is 0 Å². The highest BCUT2D eigenvalue weighted by molar-refractivity contribution is 7.12. The molecule has 0 amide bonds. The normalized spacial score (nSPS) is 28.8. The second-order valence-electron chi connectivity index (χ2n) is 6.89. The maximum atomic E-state index is 3.51. The van der Waals surface area contributed by atoms with E-state index in [0.717, 1.165) is 18.4 Å². The third-order valence-corrected chi connectivity index (χ3v) is 5.74. The van der Waals surface area contributed by atoms with Gasteiger partial charge in [0.2, 0.25) is 0 Å². The summed E-state index contributed by atoms with van der Waals surface area (Å²) in [4.78, 5) is 5.69. The van der Waals surface area contributed by atoms with Crippen LogP contribution >= 0.6 is 11.3 Å². The minimum Gasteiger partial charge on any atom is -0.316 e. The van der Waals surface area contributed by atoms with Crippen molar-refractivity contribution >= 4 is 11.3 Å². The van der Waals surface area contributed by atoms with E-state index < -0.39 is 0 Å². The third-order valence-electron chi connectivity index (χ3n) is 4.25. The van der Waals surface area contributed by atoms with E-state index >= 15 is 0 Å². The average Bonchev–Trinajstić information content (AvgIpc) is 2.90. The Morgan fingerprint density at radius 3 is 2.44 bits per heavy atom. The summed E-state index contributed by atoms with van der Waals surface area (Å²) in [5.41, 5.74) is 0.300. The summed E-state index contributed by atoms with van der Waals surface area (Å²) < 4.78 is 0. The van der Waals surface area contributed by atoms with Crippen LogP contribution in [0.25, 0.3) is 0 Å². The predicted octanol–water partition coefficient (Wildman–Crippen LogP) is 2.70. The quantitative estimate of drug-likeness (QED) is 0.883. The first-order valence-corrected chi connectivity index (χ1v) is 7.86. The van der Waals surface area contributed by atoms with Crippen LogP contribution in [0.15, 0.2) is 12.1 Å². The predicted molar refractivity (Wildman–Crippen MR) is 78.1 cm³/mol. The number of nitrogens with zero attached hydrogens (tertiary/aromatic N) is 1. The molecule has 3 rings (SSSR count). The van der Waals surface area contributed by atoms with E-state index in [0.29, 0.717) is 5.41 Å². The van der Waals surface area contributed by atoms with Crippen LogP contribution in [-0.2, 0) is 12.0 Å². The first-order valence-electron chi connectivity index (χ1n) is 7.04. The summed E-state index contributed by atoms with van der Waals surface area (Å²) in [7, 11) is 0. The summed E-state index contributed by atoms with van der Waals surface area (Å²) in [5.74, 6) is 1.82. The lowest BCUT2D eigenvalue weighted by molar-refractivity contribution is 0.308. The number of rotatable bonds is 2. The summed E-state index contributed by atoms with van der Waals surface area (Å²) in [6, 6.07) is 4.65. The summed E-state index contributed by atoms with van der Waals surface area (Å²) in [6.07, 6.45) is 0. The first kappa shape index (κ1) is 12.6. The standard InChI is InChI=1S/C15H24N2S/c1-15(2,3)14-5-4-13(18-14)10-17-8-11-6-16-7-12(11)9-17/h4-5,11-12,16H,6-10H2,1-3H3/t11-,12+. The van der Waals surface area contributed by atoms with Gasteiger partial charge in [-0.15, -0.1) is 11.3 Å².